The minimum absolute atomic E-state index is 0.0146. The average Bonchev–Trinajstić information content (AvgIpc) is 3.22. The fourth-order valence-electron chi connectivity index (χ4n) is 3.85. The molecule has 156 valence electrons. The largest absolute Gasteiger partial charge is 0.465 e. The Morgan fingerprint density at radius 1 is 1.21 bits per heavy atom. The summed E-state index contributed by atoms with van der Waals surface area (Å²) in [6.45, 7) is 8.18. The molecule has 8 heteroatoms. The van der Waals surface area contributed by atoms with E-state index >= 15 is 0 Å². The molecule has 1 atom stereocenters. The second-order valence-corrected chi connectivity index (χ2v) is 8.27. The van der Waals surface area contributed by atoms with Gasteiger partial charge in [0.05, 0.1) is 18.2 Å². The van der Waals surface area contributed by atoms with E-state index in [1.807, 2.05) is 26.8 Å². The Bertz CT molecular complexity index is 985. The Hall–Kier alpha value is -3.03. The number of hydrogen-bond acceptors (Lipinski definition) is 5. The predicted octanol–water partition coefficient (Wildman–Crippen LogP) is 3.99. The van der Waals surface area contributed by atoms with Crippen molar-refractivity contribution in [2.75, 3.05) is 20.2 Å². The third kappa shape index (κ3) is 3.92. The van der Waals surface area contributed by atoms with Gasteiger partial charge in [0.15, 0.2) is 0 Å². The number of benzene rings is 1. The van der Waals surface area contributed by atoms with Gasteiger partial charge in [-0.2, -0.15) is 0 Å². The molecule has 1 saturated heterocycles. The normalized spacial score (nSPS) is 16.9. The van der Waals surface area contributed by atoms with Crippen LogP contribution in [-0.2, 0) is 9.47 Å². The third-order valence-corrected chi connectivity index (χ3v) is 5.06. The summed E-state index contributed by atoms with van der Waals surface area (Å²) in [6.07, 6.45) is -0.799. The van der Waals surface area contributed by atoms with Gasteiger partial charge in [-0.15, -0.1) is 0 Å². The second kappa shape index (κ2) is 7.42. The van der Waals surface area contributed by atoms with Gasteiger partial charge in [0.2, 0.25) is 0 Å². The molecule has 0 saturated carbocycles. The summed E-state index contributed by atoms with van der Waals surface area (Å²) in [5.74, 6) is -0.579. The minimum Gasteiger partial charge on any atom is -0.465 e. The molecule has 0 radical (unpaired) electrons. The number of amides is 1. The van der Waals surface area contributed by atoms with Crippen molar-refractivity contribution in [2.24, 2.45) is 0 Å². The van der Waals surface area contributed by atoms with Crippen LogP contribution in [0.4, 0.5) is 9.59 Å². The molecule has 0 bridgehead atoms. The van der Waals surface area contributed by atoms with E-state index in [9.17, 15) is 19.5 Å². The average molecular weight is 402 g/mol. The lowest BCUT2D eigenvalue weighted by atomic mass is 9.93. The van der Waals surface area contributed by atoms with E-state index in [-0.39, 0.29) is 17.6 Å². The summed E-state index contributed by atoms with van der Waals surface area (Å²) >= 11 is 0. The van der Waals surface area contributed by atoms with Gasteiger partial charge < -0.3 is 19.5 Å². The lowest BCUT2D eigenvalue weighted by molar-refractivity contribution is 0.0292. The highest BCUT2D eigenvalue weighted by Crippen LogP contribution is 2.36. The molecule has 1 amide bonds. The molecule has 0 aliphatic carbocycles. The van der Waals surface area contributed by atoms with Crippen LogP contribution in [0, 0.1) is 6.92 Å². The van der Waals surface area contributed by atoms with Gasteiger partial charge in [0.25, 0.3) is 0 Å². The summed E-state index contributed by atoms with van der Waals surface area (Å²) < 4.78 is 11.4. The standard InChI is InChI=1S/C21H26N2O6/c1-12-10-16-14(13-8-9-22(11-13)20(27)29-21(2,3)4)6-7-15(18(24)28-5)17(16)23(12)19(25)26/h6-7,10,13H,8-9,11H2,1-5H3,(H,25,26). The quantitative estimate of drug-likeness (QED) is 0.763. The predicted molar refractivity (Wildman–Crippen MR) is 107 cm³/mol. The molecular formula is C21H26N2O6. The van der Waals surface area contributed by atoms with Crippen LogP contribution in [0.2, 0.25) is 0 Å². The lowest BCUT2D eigenvalue weighted by Crippen LogP contribution is -2.35. The van der Waals surface area contributed by atoms with Crippen molar-refractivity contribution in [1.29, 1.82) is 0 Å². The molecular weight excluding hydrogens is 376 g/mol. The van der Waals surface area contributed by atoms with Gasteiger partial charge >= 0.3 is 18.2 Å². The molecule has 1 aliphatic rings. The number of rotatable bonds is 2. The van der Waals surface area contributed by atoms with Gasteiger partial charge in [0.1, 0.15) is 5.60 Å². The zero-order valence-electron chi connectivity index (χ0n) is 17.3. The summed E-state index contributed by atoms with van der Waals surface area (Å²) in [5, 5.41) is 10.3. The second-order valence-electron chi connectivity index (χ2n) is 8.27. The number of carbonyl (C=O) groups excluding carboxylic acids is 2. The molecule has 29 heavy (non-hydrogen) atoms. The SMILES string of the molecule is COC(=O)c1ccc(C2CCN(C(=O)OC(C)(C)C)C2)c2cc(C)n(C(=O)O)c12. The molecule has 2 aromatic rings. The fraction of sp³-hybridized carbons (Fsp3) is 0.476. The zero-order chi connectivity index (χ0) is 21.5. The molecule has 1 aromatic heterocycles. The van der Waals surface area contributed by atoms with Gasteiger partial charge in [-0.05, 0) is 51.8 Å². The maximum atomic E-state index is 12.4. The number of carboxylic acid groups (broad SMARTS) is 1. The van der Waals surface area contributed by atoms with E-state index in [1.54, 1.807) is 24.0 Å². The van der Waals surface area contributed by atoms with E-state index in [4.69, 9.17) is 9.47 Å². The van der Waals surface area contributed by atoms with Crippen LogP contribution in [0.15, 0.2) is 18.2 Å². The van der Waals surface area contributed by atoms with Crippen molar-refractivity contribution in [3.63, 3.8) is 0 Å². The number of fused-ring (bicyclic) bond motifs is 1. The molecule has 8 nitrogen and oxygen atoms in total. The summed E-state index contributed by atoms with van der Waals surface area (Å²) in [5.41, 5.74) is 1.35. The summed E-state index contributed by atoms with van der Waals surface area (Å²) in [6, 6.07) is 5.18. The van der Waals surface area contributed by atoms with Gasteiger partial charge in [-0.25, -0.2) is 19.0 Å². The first-order valence-corrected chi connectivity index (χ1v) is 9.48. The minimum atomic E-state index is -1.17. The Morgan fingerprint density at radius 3 is 2.48 bits per heavy atom. The van der Waals surface area contributed by atoms with Crippen LogP contribution in [0.25, 0.3) is 10.9 Å². The lowest BCUT2D eigenvalue weighted by Gasteiger charge is -2.24. The monoisotopic (exact) mass is 402 g/mol. The van der Waals surface area contributed by atoms with Crippen LogP contribution in [0.1, 0.15) is 54.7 Å². The smallest absolute Gasteiger partial charge is 0.416 e. The first-order chi connectivity index (χ1) is 13.5. The first kappa shape index (κ1) is 20.7. The Morgan fingerprint density at radius 2 is 1.90 bits per heavy atom. The number of nitrogens with zero attached hydrogens (tertiary/aromatic N) is 2. The fourth-order valence-corrected chi connectivity index (χ4v) is 3.85. The maximum absolute atomic E-state index is 12.4. The molecule has 1 N–H and O–H groups in total. The van der Waals surface area contributed by atoms with Gasteiger partial charge in [-0.1, -0.05) is 6.07 Å². The van der Waals surface area contributed by atoms with E-state index in [0.717, 1.165) is 16.6 Å². The summed E-state index contributed by atoms with van der Waals surface area (Å²) in [4.78, 5) is 38.1. The van der Waals surface area contributed by atoms with Crippen LogP contribution in [-0.4, -0.2) is 58.5 Å². The number of aryl methyl sites for hydroxylation is 1. The molecule has 1 unspecified atom stereocenters. The number of carbonyl (C=O) groups is 3. The maximum Gasteiger partial charge on any atom is 0.416 e. The van der Waals surface area contributed by atoms with Crippen LogP contribution in [0.5, 0.6) is 0 Å². The van der Waals surface area contributed by atoms with E-state index < -0.39 is 17.7 Å². The highest BCUT2D eigenvalue weighted by atomic mass is 16.6. The van der Waals surface area contributed by atoms with E-state index in [1.165, 1.54) is 7.11 Å². The third-order valence-electron chi connectivity index (χ3n) is 5.06. The molecule has 1 fully saturated rings. The molecule has 0 spiro atoms. The van der Waals surface area contributed by atoms with Crippen molar-refractivity contribution in [1.82, 2.24) is 9.47 Å². The van der Waals surface area contributed by atoms with Crippen molar-refractivity contribution < 1.29 is 29.0 Å². The molecule has 2 heterocycles. The highest BCUT2D eigenvalue weighted by molar-refractivity contribution is 6.07. The highest BCUT2D eigenvalue weighted by Gasteiger charge is 2.32. The van der Waals surface area contributed by atoms with Crippen LogP contribution < -0.4 is 0 Å². The summed E-state index contributed by atoms with van der Waals surface area (Å²) in [7, 11) is 1.26. The molecule has 3 rings (SSSR count). The number of hydrogen-bond donors (Lipinski definition) is 1. The van der Waals surface area contributed by atoms with Crippen molar-refractivity contribution >= 4 is 29.1 Å². The Balaban J connectivity index is 2.02. The van der Waals surface area contributed by atoms with Crippen molar-refractivity contribution in [3.8, 4) is 0 Å². The van der Waals surface area contributed by atoms with Crippen LogP contribution >= 0.6 is 0 Å². The topological polar surface area (TPSA) is 98.1 Å². The number of methoxy groups -OCH3 is 1. The zero-order valence-corrected chi connectivity index (χ0v) is 17.3. The number of esters is 1. The molecule has 1 aliphatic heterocycles. The van der Waals surface area contributed by atoms with Gasteiger partial charge in [0, 0.05) is 30.1 Å². The number of ether oxygens (including phenoxy) is 2. The Labute approximate surface area is 169 Å². The molecule has 1 aromatic carbocycles. The first-order valence-electron chi connectivity index (χ1n) is 9.48. The Kier molecular flexibility index (Phi) is 5.30. The van der Waals surface area contributed by atoms with Gasteiger partial charge in [-0.3, -0.25) is 0 Å². The number of aromatic nitrogens is 1. The van der Waals surface area contributed by atoms with E-state index in [2.05, 4.69) is 0 Å². The van der Waals surface area contributed by atoms with E-state index in [0.29, 0.717) is 29.7 Å². The van der Waals surface area contributed by atoms with Crippen molar-refractivity contribution in [2.45, 2.75) is 45.6 Å². The van der Waals surface area contributed by atoms with Crippen molar-refractivity contribution in [3.05, 3.63) is 35.0 Å². The van der Waals surface area contributed by atoms with Crippen LogP contribution in [0.3, 0.4) is 0 Å². The number of likely N-dealkylation sites (tertiary alicyclic amines) is 1.